The molecule has 0 radical (unpaired) electrons. The van der Waals surface area contributed by atoms with Crippen LogP contribution in [0.25, 0.3) is 0 Å². The molecule has 0 atom stereocenters. The minimum atomic E-state index is 0.410. The fourth-order valence-corrected chi connectivity index (χ4v) is 2.68. The Labute approximate surface area is 113 Å². The standard InChI is InChI=1S/C12H16Br2N2/c13-11-2-1-9(7-12(11)14)8-16-5-3-10(15)4-6-16/h1-2,7,10H,3-6,8,15H2. The van der Waals surface area contributed by atoms with Gasteiger partial charge >= 0.3 is 0 Å². The Balaban J connectivity index is 1.96. The fraction of sp³-hybridized carbons (Fsp3) is 0.500. The van der Waals surface area contributed by atoms with Crippen LogP contribution in [0.3, 0.4) is 0 Å². The van der Waals surface area contributed by atoms with Gasteiger partial charge in [0, 0.05) is 21.5 Å². The lowest BCUT2D eigenvalue weighted by molar-refractivity contribution is 0.205. The molecular formula is C12H16Br2N2. The van der Waals surface area contributed by atoms with E-state index < -0.39 is 0 Å². The van der Waals surface area contributed by atoms with Crippen LogP contribution in [0.5, 0.6) is 0 Å². The quantitative estimate of drug-likeness (QED) is 0.890. The van der Waals surface area contributed by atoms with Crippen molar-refractivity contribution in [1.29, 1.82) is 0 Å². The number of benzene rings is 1. The summed E-state index contributed by atoms with van der Waals surface area (Å²) in [6.07, 6.45) is 2.25. The first-order chi connectivity index (χ1) is 7.65. The van der Waals surface area contributed by atoms with Crippen LogP contribution in [0, 0.1) is 0 Å². The number of hydrogen-bond acceptors (Lipinski definition) is 2. The maximum Gasteiger partial charge on any atom is 0.0320 e. The molecule has 1 aliphatic heterocycles. The van der Waals surface area contributed by atoms with Gasteiger partial charge in [0.15, 0.2) is 0 Å². The molecule has 2 nitrogen and oxygen atoms in total. The number of rotatable bonds is 2. The van der Waals surface area contributed by atoms with E-state index in [9.17, 15) is 0 Å². The first kappa shape index (κ1) is 12.6. The fourth-order valence-electron chi connectivity index (χ4n) is 2.01. The minimum absolute atomic E-state index is 0.410. The molecule has 1 aromatic carbocycles. The molecule has 88 valence electrons. The predicted molar refractivity (Wildman–Crippen MR) is 74.3 cm³/mol. The second-order valence-electron chi connectivity index (χ2n) is 4.36. The van der Waals surface area contributed by atoms with Crippen LogP contribution in [0.2, 0.25) is 0 Å². The van der Waals surface area contributed by atoms with Crippen molar-refractivity contribution in [2.45, 2.75) is 25.4 Å². The molecule has 0 aliphatic carbocycles. The van der Waals surface area contributed by atoms with Gasteiger partial charge in [0.25, 0.3) is 0 Å². The van der Waals surface area contributed by atoms with Crippen LogP contribution in [0.4, 0.5) is 0 Å². The van der Waals surface area contributed by atoms with Crippen LogP contribution < -0.4 is 5.73 Å². The Hall–Kier alpha value is 0.1000. The lowest BCUT2D eigenvalue weighted by Gasteiger charge is -2.30. The largest absolute Gasteiger partial charge is 0.328 e. The first-order valence-electron chi connectivity index (χ1n) is 5.57. The van der Waals surface area contributed by atoms with Gasteiger partial charge in [-0.05, 0) is 75.5 Å². The molecular weight excluding hydrogens is 332 g/mol. The molecule has 2 rings (SSSR count). The summed E-state index contributed by atoms with van der Waals surface area (Å²) in [6, 6.07) is 6.85. The Morgan fingerprint density at radius 3 is 2.50 bits per heavy atom. The van der Waals surface area contributed by atoms with Crippen molar-refractivity contribution in [3.05, 3.63) is 32.7 Å². The van der Waals surface area contributed by atoms with Gasteiger partial charge < -0.3 is 5.73 Å². The van der Waals surface area contributed by atoms with E-state index in [0.717, 1.165) is 41.4 Å². The summed E-state index contributed by atoms with van der Waals surface area (Å²) >= 11 is 7.02. The van der Waals surface area contributed by atoms with Crippen molar-refractivity contribution in [1.82, 2.24) is 4.90 Å². The monoisotopic (exact) mass is 346 g/mol. The predicted octanol–water partition coefficient (Wildman–Crippen LogP) is 3.13. The summed E-state index contributed by atoms with van der Waals surface area (Å²) in [7, 11) is 0. The second-order valence-corrected chi connectivity index (χ2v) is 6.07. The summed E-state index contributed by atoms with van der Waals surface area (Å²) in [5, 5.41) is 0. The number of nitrogens with zero attached hydrogens (tertiary/aromatic N) is 1. The normalized spacial score (nSPS) is 18.9. The zero-order valence-electron chi connectivity index (χ0n) is 9.13. The highest BCUT2D eigenvalue weighted by atomic mass is 79.9. The Kier molecular flexibility index (Phi) is 4.41. The topological polar surface area (TPSA) is 29.3 Å². The third-order valence-electron chi connectivity index (χ3n) is 3.02. The summed E-state index contributed by atoms with van der Waals surface area (Å²) in [6.45, 7) is 3.27. The van der Waals surface area contributed by atoms with Crippen LogP contribution in [0.1, 0.15) is 18.4 Å². The molecule has 1 saturated heterocycles. The third-order valence-corrected chi connectivity index (χ3v) is 4.90. The Morgan fingerprint density at radius 2 is 1.88 bits per heavy atom. The van der Waals surface area contributed by atoms with E-state index in [1.807, 2.05) is 0 Å². The molecule has 4 heteroatoms. The highest BCUT2D eigenvalue weighted by Gasteiger charge is 2.15. The van der Waals surface area contributed by atoms with Crippen molar-refractivity contribution >= 4 is 31.9 Å². The number of halogens is 2. The van der Waals surface area contributed by atoms with E-state index in [2.05, 4.69) is 55.0 Å². The average Bonchev–Trinajstić information content (AvgIpc) is 2.27. The average molecular weight is 348 g/mol. The molecule has 0 amide bonds. The van der Waals surface area contributed by atoms with E-state index in [-0.39, 0.29) is 0 Å². The highest BCUT2D eigenvalue weighted by molar-refractivity contribution is 9.13. The molecule has 1 aromatic rings. The second kappa shape index (κ2) is 5.63. The number of hydrogen-bond donors (Lipinski definition) is 1. The molecule has 0 aromatic heterocycles. The zero-order chi connectivity index (χ0) is 11.5. The summed E-state index contributed by atoms with van der Waals surface area (Å²) < 4.78 is 2.23. The van der Waals surface area contributed by atoms with E-state index >= 15 is 0 Å². The molecule has 0 spiro atoms. The molecule has 1 fully saturated rings. The lowest BCUT2D eigenvalue weighted by atomic mass is 10.1. The molecule has 16 heavy (non-hydrogen) atoms. The Bertz CT molecular complexity index is 360. The van der Waals surface area contributed by atoms with Crippen LogP contribution >= 0.6 is 31.9 Å². The molecule has 1 heterocycles. The van der Waals surface area contributed by atoms with E-state index in [1.54, 1.807) is 0 Å². The maximum absolute atomic E-state index is 5.89. The van der Waals surface area contributed by atoms with Crippen LogP contribution in [0.15, 0.2) is 27.1 Å². The number of piperidine rings is 1. The van der Waals surface area contributed by atoms with Gasteiger partial charge in [-0.1, -0.05) is 6.07 Å². The van der Waals surface area contributed by atoms with Crippen molar-refractivity contribution in [3.63, 3.8) is 0 Å². The smallest absolute Gasteiger partial charge is 0.0320 e. The van der Waals surface area contributed by atoms with Crippen LogP contribution in [-0.4, -0.2) is 24.0 Å². The maximum atomic E-state index is 5.89. The molecule has 0 bridgehead atoms. The van der Waals surface area contributed by atoms with Gasteiger partial charge in [0.05, 0.1) is 0 Å². The summed E-state index contributed by atoms with van der Waals surface area (Å²) in [5.74, 6) is 0. The molecule has 0 saturated carbocycles. The van der Waals surface area contributed by atoms with Crippen molar-refractivity contribution < 1.29 is 0 Å². The van der Waals surface area contributed by atoms with Crippen molar-refractivity contribution in [2.24, 2.45) is 5.73 Å². The molecule has 0 unspecified atom stereocenters. The Morgan fingerprint density at radius 1 is 1.19 bits per heavy atom. The lowest BCUT2D eigenvalue weighted by Crippen LogP contribution is -2.39. The summed E-state index contributed by atoms with van der Waals surface area (Å²) in [5.41, 5.74) is 7.25. The van der Waals surface area contributed by atoms with E-state index in [1.165, 1.54) is 5.56 Å². The van der Waals surface area contributed by atoms with Gasteiger partial charge in [0.2, 0.25) is 0 Å². The van der Waals surface area contributed by atoms with Gasteiger partial charge in [-0.15, -0.1) is 0 Å². The zero-order valence-corrected chi connectivity index (χ0v) is 12.3. The molecule has 2 N–H and O–H groups in total. The SMILES string of the molecule is NC1CCN(Cc2ccc(Br)c(Br)c2)CC1. The third kappa shape index (κ3) is 3.29. The first-order valence-corrected chi connectivity index (χ1v) is 7.15. The highest BCUT2D eigenvalue weighted by Crippen LogP contribution is 2.24. The number of nitrogens with two attached hydrogens (primary N) is 1. The van der Waals surface area contributed by atoms with Gasteiger partial charge in [-0.3, -0.25) is 4.90 Å². The van der Waals surface area contributed by atoms with Crippen molar-refractivity contribution in [2.75, 3.05) is 13.1 Å². The van der Waals surface area contributed by atoms with Gasteiger partial charge in [-0.25, -0.2) is 0 Å². The van der Waals surface area contributed by atoms with E-state index in [4.69, 9.17) is 5.73 Å². The summed E-state index contributed by atoms with van der Waals surface area (Å²) in [4.78, 5) is 2.47. The van der Waals surface area contributed by atoms with Crippen molar-refractivity contribution in [3.8, 4) is 0 Å². The van der Waals surface area contributed by atoms with Gasteiger partial charge in [-0.2, -0.15) is 0 Å². The number of likely N-dealkylation sites (tertiary alicyclic amines) is 1. The van der Waals surface area contributed by atoms with Gasteiger partial charge in [0.1, 0.15) is 0 Å². The van der Waals surface area contributed by atoms with E-state index in [0.29, 0.717) is 6.04 Å². The minimum Gasteiger partial charge on any atom is -0.328 e. The molecule has 1 aliphatic rings. The van der Waals surface area contributed by atoms with Crippen LogP contribution in [-0.2, 0) is 6.54 Å².